The fourth-order valence-corrected chi connectivity index (χ4v) is 2.35. The van der Waals surface area contributed by atoms with Crippen molar-refractivity contribution in [3.05, 3.63) is 21.3 Å². The van der Waals surface area contributed by atoms with Crippen LogP contribution in [0.25, 0.3) is 0 Å². The summed E-state index contributed by atoms with van der Waals surface area (Å²) in [5.41, 5.74) is -4.99. The van der Waals surface area contributed by atoms with E-state index in [0.29, 0.717) is 9.13 Å². The van der Waals surface area contributed by atoms with Crippen LogP contribution in [0, 0.1) is 10.5 Å². The van der Waals surface area contributed by atoms with Crippen molar-refractivity contribution in [3.63, 3.8) is 0 Å². The molecule has 0 saturated heterocycles. The highest BCUT2D eigenvalue weighted by molar-refractivity contribution is 14.1. The molecule has 1 unspecified atom stereocenters. The summed E-state index contributed by atoms with van der Waals surface area (Å²) in [6.07, 6.45) is -0.951. The first-order valence-corrected chi connectivity index (χ1v) is 8.79. The molecule has 0 aliphatic heterocycles. The minimum atomic E-state index is -5.78. The number of benzene rings is 1. The molecule has 5 nitrogen and oxygen atoms in total. The van der Waals surface area contributed by atoms with E-state index in [1.165, 1.54) is 12.1 Å². The highest BCUT2D eigenvalue weighted by atomic mass is 127. The van der Waals surface area contributed by atoms with E-state index in [0.717, 1.165) is 0 Å². The Morgan fingerprint density at radius 1 is 1.45 bits per heavy atom. The third-order valence-electron chi connectivity index (χ3n) is 2.45. The van der Waals surface area contributed by atoms with Crippen LogP contribution in [-0.4, -0.2) is 37.6 Å². The summed E-state index contributed by atoms with van der Waals surface area (Å²) in [5.74, 6) is -0.593. The normalized spacial score (nSPS) is 13.8. The number of nitrogens with one attached hydrogen (secondary N) is 1. The number of aliphatic hydroxyl groups is 1. The van der Waals surface area contributed by atoms with Crippen molar-refractivity contribution < 1.29 is 30.9 Å². The van der Waals surface area contributed by atoms with Gasteiger partial charge in [-0.25, -0.2) is 0 Å². The van der Waals surface area contributed by atoms with Gasteiger partial charge in [-0.15, -0.1) is 11.6 Å². The number of rotatable bonds is 6. The molecule has 0 aliphatic rings. The lowest BCUT2D eigenvalue weighted by Crippen LogP contribution is -2.28. The van der Waals surface area contributed by atoms with Crippen LogP contribution in [0.3, 0.4) is 0 Å². The lowest BCUT2D eigenvalue weighted by atomic mass is 10.2. The van der Waals surface area contributed by atoms with Gasteiger partial charge in [0.25, 0.3) is 0 Å². The molecule has 0 fully saturated rings. The van der Waals surface area contributed by atoms with Crippen LogP contribution in [0.15, 0.2) is 12.1 Å². The second-order valence-corrected chi connectivity index (χ2v) is 7.28. The molecule has 2 N–H and O–H groups in total. The second kappa shape index (κ2) is 7.41. The molecule has 0 amide bonds. The van der Waals surface area contributed by atoms with Crippen molar-refractivity contribution in [2.75, 3.05) is 17.7 Å². The highest BCUT2D eigenvalue weighted by Gasteiger charge is 2.48. The largest absolute Gasteiger partial charge is 0.534 e. The number of hydrogen-bond acceptors (Lipinski definition) is 5. The van der Waals surface area contributed by atoms with Crippen LogP contribution in [0.2, 0.25) is 0 Å². The van der Waals surface area contributed by atoms with Gasteiger partial charge in [0, 0.05) is 10.1 Å². The van der Waals surface area contributed by atoms with Crippen LogP contribution in [0.1, 0.15) is 5.56 Å². The molecule has 0 spiro atoms. The zero-order valence-electron chi connectivity index (χ0n) is 11.1. The summed E-state index contributed by atoms with van der Waals surface area (Å²) in [6, 6.07) is 2.58. The predicted octanol–water partition coefficient (Wildman–Crippen LogP) is 2.84. The number of aryl methyl sites for hydroxylation is 1. The average molecular weight is 474 g/mol. The maximum Gasteiger partial charge on any atom is 0.534 e. The Bertz CT molecular complexity index is 639. The van der Waals surface area contributed by atoms with Crippen molar-refractivity contribution >= 4 is 50.0 Å². The van der Waals surface area contributed by atoms with E-state index in [-0.39, 0.29) is 18.1 Å². The van der Waals surface area contributed by atoms with E-state index in [1.54, 1.807) is 6.92 Å². The van der Waals surface area contributed by atoms with Gasteiger partial charge >= 0.3 is 15.6 Å². The lowest BCUT2D eigenvalue weighted by Gasteiger charge is -2.17. The summed E-state index contributed by atoms with van der Waals surface area (Å²) in [7, 11) is -5.78. The molecule has 22 heavy (non-hydrogen) atoms. The van der Waals surface area contributed by atoms with Crippen molar-refractivity contribution in [1.29, 1.82) is 0 Å². The fourth-order valence-electron chi connectivity index (χ4n) is 1.31. The van der Waals surface area contributed by atoms with Crippen LogP contribution < -0.4 is 9.50 Å². The molecule has 0 heterocycles. The number of aliphatic hydroxyl groups excluding tert-OH is 1. The summed E-state index contributed by atoms with van der Waals surface area (Å²) in [5, 5.41) is 12.0. The van der Waals surface area contributed by atoms with E-state index in [4.69, 9.17) is 11.6 Å². The van der Waals surface area contributed by atoms with Crippen molar-refractivity contribution in [1.82, 2.24) is 0 Å². The lowest BCUT2D eigenvalue weighted by molar-refractivity contribution is -0.0499. The summed E-state index contributed by atoms with van der Waals surface area (Å²) in [4.78, 5) is 0. The van der Waals surface area contributed by atoms with Crippen molar-refractivity contribution in [2.24, 2.45) is 0 Å². The topological polar surface area (TPSA) is 75.6 Å². The maximum atomic E-state index is 12.4. The van der Waals surface area contributed by atoms with Gasteiger partial charge in [0.05, 0.1) is 17.7 Å². The highest BCUT2D eigenvalue weighted by Crippen LogP contribution is 2.34. The zero-order valence-corrected chi connectivity index (χ0v) is 14.8. The van der Waals surface area contributed by atoms with Gasteiger partial charge in [-0.1, -0.05) is 0 Å². The Morgan fingerprint density at radius 2 is 2.05 bits per heavy atom. The molecule has 1 atom stereocenters. The maximum absolute atomic E-state index is 12.4. The predicted molar refractivity (Wildman–Crippen MR) is 84.7 cm³/mol. The monoisotopic (exact) mass is 473 g/mol. The van der Waals surface area contributed by atoms with Gasteiger partial charge in [-0.3, -0.25) is 0 Å². The van der Waals surface area contributed by atoms with E-state index in [9.17, 15) is 26.7 Å². The number of alkyl halides is 4. The van der Waals surface area contributed by atoms with Gasteiger partial charge in [0.1, 0.15) is 0 Å². The third kappa shape index (κ3) is 5.03. The van der Waals surface area contributed by atoms with Crippen LogP contribution in [0.5, 0.6) is 5.75 Å². The second-order valence-electron chi connectivity index (χ2n) is 4.27. The van der Waals surface area contributed by atoms with Gasteiger partial charge in [-0.2, -0.15) is 21.6 Å². The summed E-state index contributed by atoms with van der Waals surface area (Å²) in [6.45, 7) is 1.51. The quantitative estimate of drug-likeness (QED) is 0.288. The third-order valence-corrected chi connectivity index (χ3v) is 4.93. The molecular formula is C11H12ClF3INO4S. The Balaban J connectivity index is 3.15. The Kier molecular flexibility index (Phi) is 6.59. The molecule has 0 bridgehead atoms. The van der Waals surface area contributed by atoms with Gasteiger partial charge in [-0.05, 0) is 47.2 Å². The van der Waals surface area contributed by atoms with Crippen molar-refractivity contribution in [3.8, 4) is 5.75 Å². The smallest absolute Gasteiger partial charge is 0.390 e. The molecule has 11 heteroatoms. The minimum Gasteiger partial charge on any atom is -0.390 e. The van der Waals surface area contributed by atoms with E-state index >= 15 is 0 Å². The van der Waals surface area contributed by atoms with Crippen LogP contribution >= 0.6 is 34.2 Å². The Labute approximate surface area is 144 Å². The average Bonchev–Trinajstić information content (AvgIpc) is 2.39. The summed E-state index contributed by atoms with van der Waals surface area (Å²) < 4.78 is 64.3. The first kappa shape index (κ1) is 19.6. The van der Waals surface area contributed by atoms with Gasteiger partial charge in [0.2, 0.25) is 0 Å². The first-order chi connectivity index (χ1) is 9.98. The number of anilines is 1. The van der Waals surface area contributed by atoms with Gasteiger partial charge < -0.3 is 14.6 Å². The number of halogens is 5. The van der Waals surface area contributed by atoms with E-state index < -0.39 is 27.5 Å². The Hall–Kier alpha value is -0.460. The molecule has 0 aromatic heterocycles. The molecule has 0 aliphatic carbocycles. The van der Waals surface area contributed by atoms with Crippen molar-refractivity contribution in [2.45, 2.75) is 18.5 Å². The minimum absolute atomic E-state index is 0.00647. The molecule has 126 valence electrons. The van der Waals surface area contributed by atoms with E-state index in [2.05, 4.69) is 9.50 Å². The molecule has 1 aromatic rings. The zero-order chi connectivity index (χ0) is 17.1. The number of hydrogen-bond donors (Lipinski definition) is 2. The Morgan fingerprint density at radius 3 is 2.55 bits per heavy atom. The molecule has 1 rings (SSSR count). The first-order valence-electron chi connectivity index (χ1n) is 5.76. The van der Waals surface area contributed by atoms with Gasteiger partial charge in [0.15, 0.2) is 5.75 Å². The summed E-state index contributed by atoms with van der Waals surface area (Å²) >= 11 is 7.34. The fraction of sp³-hybridized carbons (Fsp3) is 0.455. The molecule has 0 radical (unpaired) electrons. The van der Waals surface area contributed by atoms with Crippen LogP contribution in [-0.2, 0) is 10.1 Å². The molecule has 0 saturated carbocycles. The molecular weight excluding hydrogens is 462 g/mol. The molecule has 1 aromatic carbocycles. The standard InChI is InChI=1S/C11H12ClF3INO4S/c1-6-2-10(21-22(19,20)11(13,14)15)9(3-8(6)16)17-5-7(18)4-12/h2-3,7,17-18H,4-5H2,1H3. The van der Waals surface area contributed by atoms with E-state index in [1.807, 2.05) is 22.6 Å². The van der Waals surface area contributed by atoms with Crippen LogP contribution in [0.4, 0.5) is 18.9 Å². The SMILES string of the molecule is Cc1cc(OS(=O)(=O)C(F)(F)F)c(NCC(O)CCl)cc1I.